The van der Waals surface area contributed by atoms with Crippen LogP contribution in [0.25, 0.3) is 10.9 Å². The first kappa shape index (κ1) is 15.2. The number of carboxylic acid groups (broad SMARTS) is 1. The van der Waals surface area contributed by atoms with E-state index < -0.39 is 18.3 Å². The molecule has 1 aliphatic heterocycles. The van der Waals surface area contributed by atoms with E-state index in [0.717, 1.165) is 31.5 Å². The van der Waals surface area contributed by atoms with Crippen LogP contribution in [0.15, 0.2) is 23.0 Å². The number of carbonyl (C=O) groups excluding carboxylic acids is 1. The highest BCUT2D eigenvalue weighted by Crippen LogP contribution is 2.18. The lowest BCUT2D eigenvalue weighted by molar-refractivity contribution is -0.139. The summed E-state index contributed by atoms with van der Waals surface area (Å²) in [6.07, 6.45) is 3.24. The van der Waals surface area contributed by atoms with Crippen molar-refractivity contribution in [2.24, 2.45) is 0 Å². The Morgan fingerprint density at radius 3 is 2.87 bits per heavy atom. The molecule has 120 valence electrons. The van der Waals surface area contributed by atoms with Crippen molar-refractivity contribution in [2.45, 2.75) is 38.6 Å². The number of nitrogens with one attached hydrogen (secondary N) is 1. The molecular formula is C16H17N3O4. The van der Waals surface area contributed by atoms with Gasteiger partial charge in [-0.25, -0.2) is 4.98 Å². The van der Waals surface area contributed by atoms with E-state index in [0.29, 0.717) is 23.1 Å². The van der Waals surface area contributed by atoms with Gasteiger partial charge in [0.1, 0.15) is 12.2 Å². The lowest BCUT2D eigenvalue weighted by Crippen LogP contribution is -2.24. The molecule has 0 bridgehead atoms. The van der Waals surface area contributed by atoms with Gasteiger partial charge in [0.05, 0.1) is 10.9 Å². The number of aryl methyl sites for hydroxylation is 1. The number of amides is 1. The lowest BCUT2D eigenvalue weighted by atomic mass is 10.2. The highest BCUT2D eigenvalue weighted by molar-refractivity contribution is 6.02. The number of carboxylic acids is 1. The summed E-state index contributed by atoms with van der Waals surface area (Å²) in [5.41, 5.74) is 0.887. The van der Waals surface area contributed by atoms with E-state index in [9.17, 15) is 14.4 Å². The van der Waals surface area contributed by atoms with Gasteiger partial charge < -0.3 is 10.4 Å². The Morgan fingerprint density at radius 2 is 2.09 bits per heavy atom. The number of fused-ring (bicyclic) bond motifs is 2. The van der Waals surface area contributed by atoms with Crippen molar-refractivity contribution >= 4 is 28.5 Å². The number of benzene rings is 1. The number of aliphatic carboxylic acids is 1. The predicted octanol–water partition coefficient (Wildman–Crippen LogP) is 1.54. The Morgan fingerprint density at radius 1 is 1.26 bits per heavy atom. The summed E-state index contributed by atoms with van der Waals surface area (Å²) in [6, 6.07) is 4.86. The molecule has 23 heavy (non-hydrogen) atoms. The summed E-state index contributed by atoms with van der Waals surface area (Å²) >= 11 is 0. The van der Waals surface area contributed by atoms with Gasteiger partial charge >= 0.3 is 5.97 Å². The van der Waals surface area contributed by atoms with E-state index in [1.54, 1.807) is 22.8 Å². The summed E-state index contributed by atoms with van der Waals surface area (Å²) in [4.78, 5) is 39.3. The van der Waals surface area contributed by atoms with Crippen LogP contribution in [0.2, 0.25) is 0 Å². The zero-order valence-electron chi connectivity index (χ0n) is 12.5. The Hall–Kier alpha value is -2.70. The fraction of sp³-hybridized carbons (Fsp3) is 0.375. The molecule has 1 aromatic carbocycles. The van der Waals surface area contributed by atoms with Gasteiger partial charge in [-0.3, -0.25) is 19.0 Å². The minimum absolute atomic E-state index is 0.110. The van der Waals surface area contributed by atoms with Gasteiger partial charge in [-0.1, -0.05) is 6.42 Å². The maximum atomic E-state index is 12.7. The molecule has 3 rings (SSSR count). The third-order valence-corrected chi connectivity index (χ3v) is 3.91. The minimum atomic E-state index is -1.20. The number of carbonyl (C=O) groups is 2. The van der Waals surface area contributed by atoms with Crippen molar-refractivity contribution in [3.05, 3.63) is 34.4 Å². The monoisotopic (exact) mass is 315 g/mol. The number of hydrogen-bond acceptors (Lipinski definition) is 4. The van der Waals surface area contributed by atoms with Crippen molar-refractivity contribution in [3.8, 4) is 0 Å². The van der Waals surface area contributed by atoms with Gasteiger partial charge in [0.15, 0.2) is 0 Å². The zero-order chi connectivity index (χ0) is 16.4. The van der Waals surface area contributed by atoms with Gasteiger partial charge in [0, 0.05) is 18.7 Å². The topological polar surface area (TPSA) is 101 Å². The van der Waals surface area contributed by atoms with Crippen molar-refractivity contribution in [1.29, 1.82) is 0 Å². The Labute approximate surface area is 132 Å². The minimum Gasteiger partial charge on any atom is -0.481 e. The van der Waals surface area contributed by atoms with Crippen molar-refractivity contribution in [1.82, 2.24) is 9.55 Å². The number of anilines is 1. The molecule has 0 unspecified atom stereocenters. The second-order valence-corrected chi connectivity index (χ2v) is 5.65. The molecule has 1 amide bonds. The highest BCUT2D eigenvalue weighted by atomic mass is 16.4. The number of rotatable bonds is 3. The molecular weight excluding hydrogens is 298 g/mol. The van der Waals surface area contributed by atoms with Crippen LogP contribution >= 0.6 is 0 Å². The summed E-state index contributed by atoms with van der Waals surface area (Å²) in [7, 11) is 0. The normalized spacial score (nSPS) is 14.1. The molecule has 0 aliphatic carbocycles. The lowest BCUT2D eigenvalue weighted by Gasteiger charge is -2.11. The zero-order valence-corrected chi connectivity index (χ0v) is 12.5. The highest BCUT2D eigenvalue weighted by Gasteiger charge is 2.14. The van der Waals surface area contributed by atoms with E-state index in [2.05, 4.69) is 10.3 Å². The number of nitrogens with zero attached hydrogens (tertiary/aromatic N) is 2. The van der Waals surface area contributed by atoms with Crippen LogP contribution in [0.1, 0.15) is 31.5 Å². The molecule has 1 aromatic heterocycles. The fourth-order valence-corrected chi connectivity index (χ4v) is 2.84. The predicted molar refractivity (Wildman–Crippen MR) is 84.4 cm³/mol. The van der Waals surface area contributed by atoms with Crippen molar-refractivity contribution in [2.75, 3.05) is 5.32 Å². The van der Waals surface area contributed by atoms with Gasteiger partial charge in [0.25, 0.3) is 5.56 Å². The summed E-state index contributed by atoms with van der Waals surface area (Å²) in [5.74, 6) is -1.02. The Bertz CT molecular complexity index is 841. The SMILES string of the molecule is O=C(O)CC(=O)Nc1ccc2nc3n(c(=O)c2c1)CCCCC3. The van der Waals surface area contributed by atoms with E-state index in [1.165, 1.54) is 0 Å². The van der Waals surface area contributed by atoms with Crippen molar-refractivity contribution in [3.63, 3.8) is 0 Å². The third-order valence-electron chi connectivity index (χ3n) is 3.91. The van der Waals surface area contributed by atoms with E-state index in [4.69, 9.17) is 5.11 Å². The molecule has 0 radical (unpaired) electrons. The van der Waals surface area contributed by atoms with E-state index in [-0.39, 0.29) is 5.56 Å². The number of hydrogen-bond donors (Lipinski definition) is 2. The third kappa shape index (κ3) is 3.23. The average Bonchev–Trinajstić information content (AvgIpc) is 2.73. The second-order valence-electron chi connectivity index (χ2n) is 5.65. The van der Waals surface area contributed by atoms with Crippen LogP contribution in [-0.2, 0) is 22.6 Å². The molecule has 2 heterocycles. The van der Waals surface area contributed by atoms with Gasteiger partial charge in [-0.05, 0) is 31.0 Å². The van der Waals surface area contributed by atoms with Gasteiger partial charge in [-0.15, -0.1) is 0 Å². The van der Waals surface area contributed by atoms with E-state index in [1.807, 2.05) is 0 Å². The van der Waals surface area contributed by atoms with Crippen LogP contribution in [0, 0.1) is 0 Å². The molecule has 7 heteroatoms. The summed E-state index contributed by atoms with van der Waals surface area (Å²) in [6.45, 7) is 0.659. The first-order valence-corrected chi connectivity index (χ1v) is 7.60. The van der Waals surface area contributed by atoms with Crippen molar-refractivity contribution < 1.29 is 14.7 Å². The van der Waals surface area contributed by atoms with Gasteiger partial charge in [0.2, 0.25) is 5.91 Å². The molecule has 0 saturated carbocycles. The second kappa shape index (κ2) is 6.20. The molecule has 2 N–H and O–H groups in total. The summed E-state index contributed by atoms with van der Waals surface area (Å²) in [5, 5.41) is 11.5. The average molecular weight is 315 g/mol. The molecule has 0 fully saturated rings. The van der Waals surface area contributed by atoms with Gasteiger partial charge in [-0.2, -0.15) is 0 Å². The van der Waals surface area contributed by atoms with Crippen LogP contribution in [0.5, 0.6) is 0 Å². The Balaban J connectivity index is 1.99. The number of aromatic nitrogens is 2. The standard InChI is InChI=1S/C16H17N3O4/c20-14(9-15(21)22)17-10-5-6-12-11(8-10)16(23)19-7-3-1-2-4-13(19)18-12/h5-6,8H,1-4,7,9H2,(H,17,20)(H,21,22). The first-order chi connectivity index (χ1) is 11.0. The van der Waals surface area contributed by atoms with Crippen LogP contribution in [0.4, 0.5) is 5.69 Å². The fourth-order valence-electron chi connectivity index (χ4n) is 2.84. The summed E-state index contributed by atoms with van der Waals surface area (Å²) < 4.78 is 1.71. The largest absolute Gasteiger partial charge is 0.481 e. The maximum Gasteiger partial charge on any atom is 0.312 e. The molecule has 2 aromatic rings. The molecule has 0 atom stereocenters. The van der Waals surface area contributed by atoms with Crippen LogP contribution in [0.3, 0.4) is 0 Å². The molecule has 1 aliphatic rings. The van der Waals surface area contributed by atoms with Crippen LogP contribution in [-0.4, -0.2) is 26.5 Å². The Kier molecular flexibility index (Phi) is 4.10. The maximum absolute atomic E-state index is 12.7. The van der Waals surface area contributed by atoms with E-state index >= 15 is 0 Å². The molecule has 0 spiro atoms. The quantitative estimate of drug-likeness (QED) is 0.837. The first-order valence-electron chi connectivity index (χ1n) is 7.60. The molecule has 7 nitrogen and oxygen atoms in total. The van der Waals surface area contributed by atoms with Crippen LogP contribution < -0.4 is 10.9 Å². The smallest absolute Gasteiger partial charge is 0.312 e. The molecule has 0 saturated heterocycles.